The monoisotopic (exact) mass is 925 g/mol. The summed E-state index contributed by atoms with van der Waals surface area (Å²) in [6, 6.07) is 0. The number of hydrogen-bond acceptors (Lipinski definition) is 21. The van der Waals surface area contributed by atoms with Crippen molar-refractivity contribution in [2.75, 3.05) is 19.8 Å². The molecule has 7 fully saturated rings. The van der Waals surface area contributed by atoms with Gasteiger partial charge in [0, 0.05) is 24.8 Å². The van der Waals surface area contributed by atoms with E-state index in [0.717, 1.165) is 0 Å². The van der Waals surface area contributed by atoms with Crippen LogP contribution in [0, 0.1) is 17.8 Å². The van der Waals surface area contributed by atoms with Gasteiger partial charge in [0.2, 0.25) is 0 Å². The maximum absolute atomic E-state index is 12.6. The average Bonchev–Trinajstić information content (AvgIpc) is 3.28. The van der Waals surface area contributed by atoms with Gasteiger partial charge in [0.15, 0.2) is 31.1 Å². The number of rotatable bonds is 13. The van der Waals surface area contributed by atoms with Gasteiger partial charge < -0.3 is 104 Å². The van der Waals surface area contributed by atoms with E-state index in [9.17, 15) is 71.2 Å². The highest BCUT2D eigenvalue weighted by Gasteiger charge is 2.57. The highest BCUT2D eigenvalue weighted by Crippen LogP contribution is 2.44. The number of carbonyl (C=O) groups excluding carboxylic acids is 1. The van der Waals surface area contributed by atoms with E-state index < -0.39 is 160 Å². The Morgan fingerprint density at radius 3 is 1.70 bits per heavy atom. The summed E-state index contributed by atoms with van der Waals surface area (Å²) >= 11 is 0. The Morgan fingerprint density at radius 2 is 1.08 bits per heavy atom. The van der Waals surface area contributed by atoms with Crippen LogP contribution in [-0.2, 0) is 38.0 Å². The number of fused-ring (bicyclic) bond motifs is 1. The van der Waals surface area contributed by atoms with E-state index in [1.165, 1.54) is 6.08 Å². The minimum atomic E-state index is -1.94. The van der Waals surface area contributed by atoms with Gasteiger partial charge in [0.1, 0.15) is 86.0 Å². The van der Waals surface area contributed by atoms with Gasteiger partial charge in [-0.3, -0.25) is 0 Å². The van der Waals surface area contributed by atoms with Crippen LogP contribution in [0.1, 0.15) is 70.6 Å². The van der Waals surface area contributed by atoms with Crippen molar-refractivity contribution in [3.05, 3.63) is 12.2 Å². The molecule has 3 aliphatic carbocycles. The zero-order valence-electron chi connectivity index (χ0n) is 35.5. The SMILES string of the molecule is O=C(C=CC1CCC(O)CC1)OC[C@H]1O[C@@H](O[C@H]2[C@H](OC3CC4C(O[C@@H]5O[C@H](CO)[C@@H](O)[C@H](O)[C@H]5O)CC(O)CC4[OH+]C3C3CCC(O)CC3)O[C@H](CO)[C@@H](O)[C@@H]2O)[C@H](O)[C@@H](O)[C@@H]1O. The molecule has 3 saturated carbocycles. The first-order valence-electron chi connectivity index (χ1n) is 22.7. The standard InChI is InChI=1S/C42H68O22/c43-14-26-30(49)33(52)36(55)40(61-26)59-24-12-21(47)11-23-22(24)13-25(38(58-23)18-4-8-20(46)9-5-18)60-42-39(35(54)31(50)27(15-44)62-42)64-41-37(56)34(53)32(51)28(63-41)16-57-29(48)10-3-17-1-6-19(45)7-2-17/h3,10,17-28,30-47,49-56H,1-2,4-9,11-16H2/p+1/t17?,18?,19?,20?,21?,22?,23?,24?,25?,26-,27-,28-,30-,31-,32-,33+,34+,35+,36-,37-,38?,39-,40-,41+,42-/m1/s1. The third-order valence-electron chi connectivity index (χ3n) is 14.3. The Morgan fingerprint density at radius 1 is 0.547 bits per heavy atom. The minimum absolute atomic E-state index is 0.0469. The second-order valence-electron chi connectivity index (χ2n) is 18.7. The topological polar surface area (TPSA) is 357 Å². The fraction of sp³-hybridized carbons (Fsp3) is 0.929. The van der Waals surface area contributed by atoms with E-state index in [1.54, 1.807) is 6.08 Å². The first kappa shape index (κ1) is 50.3. The van der Waals surface area contributed by atoms with Crippen LogP contribution in [0.3, 0.4) is 0 Å². The van der Waals surface area contributed by atoms with Crippen LogP contribution in [-0.4, -0.2) is 232 Å². The number of esters is 1. The predicted molar refractivity (Wildman–Crippen MR) is 212 cm³/mol. The van der Waals surface area contributed by atoms with Crippen molar-refractivity contribution in [1.82, 2.24) is 0 Å². The lowest BCUT2D eigenvalue weighted by molar-refractivity contribution is -0.389. The molecule has 6 unspecified atom stereocenters. The number of aliphatic hydroxyl groups is 15. The van der Waals surface area contributed by atoms with Crippen molar-refractivity contribution >= 4 is 5.97 Å². The summed E-state index contributed by atoms with van der Waals surface area (Å²) in [5.41, 5.74) is 0. The average molecular weight is 926 g/mol. The molecule has 4 heterocycles. The molecule has 4 aliphatic heterocycles. The Bertz CT molecular complexity index is 1490. The lowest BCUT2D eigenvalue weighted by Crippen LogP contribution is -2.66. The third kappa shape index (κ3) is 11.5. The van der Waals surface area contributed by atoms with E-state index in [2.05, 4.69) is 0 Å². The number of allylic oxidation sites excluding steroid dienone is 1. The van der Waals surface area contributed by atoms with Crippen LogP contribution in [0.4, 0.5) is 0 Å². The second-order valence-corrected chi connectivity index (χ2v) is 18.7. The first-order valence-corrected chi connectivity index (χ1v) is 22.7. The van der Waals surface area contributed by atoms with Gasteiger partial charge in [-0.2, -0.15) is 0 Å². The van der Waals surface area contributed by atoms with Crippen LogP contribution in [0.2, 0.25) is 0 Å². The molecule has 0 aromatic heterocycles. The van der Waals surface area contributed by atoms with Crippen LogP contribution in [0.5, 0.6) is 0 Å². The van der Waals surface area contributed by atoms with Gasteiger partial charge in [0.25, 0.3) is 0 Å². The maximum Gasteiger partial charge on any atom is 0.330 e. The van der Waals surface area contributed by atoms with Crippen molar-refractivity contribution in [2.45, 2.75) is 205 Å². The van der Waals surface area contributed by atoms with E-state index in [4.69, 9.17) is 37.9 Å². The minimum Gasteiger partial charge on any atom is -0.460 e. The molecule has 7 aliphatic rings. The summed E-state index contributed by atoms with van der Waals surface area (Å²) in [6.45, 7) is -2.03. The van der Waals surface area contributed by atoms with Crippen molar-refractivity contribution < 1.29 is 109 Å². The van der Waals surface area contributed by atoms with Crippen molar-refractivity contribution in [3.63, 3.8) is 0 Å². The molecule has 22 nitrogen and oxygen atoms in total. The Hall–Kier alpha value is -1.59. The first-order chi connectivity index (χ1) is 30.6. The molecule has 0 spiro atoms. The van der Waals surface area contributed by atoms with Gasteiger partial charge in [-0.05, 0) is 63.7 Å². The Labute approximate surface area is 369 Å². The van der Waals surface area contributed by atoms with Gasteiger partial charge in [-0.25, -0.2) is 4.79 Å². The van der Waals surface area contributed by atoms with Gasteiger partial charge >= 0.3 is 5.97 Å². The van der Waals surface area contributed by atoms with Gasteiger partial charge in [-0.15, -0.1) is 0 Å². The molecule has 0 aromatic carbocycles. The fourth-order valence-electron chi connectivity index (χ4n) is 10.5. The van der Waals surface area contributed by atoms with Crippen molar-refractivity contribution in [1.29, 1.82) is 0 Å². The number of ether oxygens (including phenoxy) is 8. The van der Waals surface area contributed by atoms with Gasteiger partial charge in [-0.1, -0.05) is 6.08 Å². The summed E-state index contributed by atoms with van der Waals surface area (Å²) in [4.78, 5) is 12.6. The molecule has 22 heteroatoms. The predicted octanol–water partition coefficient (Wildman–Crippen LogP) is -5.17. The molecule has 4 saturated heterocycles. The van der Waals surface area contributed by atoms with Crippen molar-refractivity contribution in [3.8, 4) is 0 Å². The largest absolute Gasteiger partial charge is 0.460 e. The zero-order valence-corrected chi connectivity index (χ0v) is 35.5. The van der Waals surface area contributed by atoms with E-state index in [0.29, 0.717) is 51.4 Å². The summed E-state index contributed by atoms with van der Waals surface area (Å²) in [7, 11) is 0. The fourth-order valence-corrected chi connectivity index (χ4v) is 10.5. The van der Waals surface area contributed by atoms with E-state index in [-0.39, 0.29) is 37.2 Å². The molecule has 0 aromatic rings. The Kier molecular flexibility index (Phi) is 17.5. The molecule has 0 bridgehead atoms. The van der Waals surface area contributed by atoms with Crippen LogP contribution < -0.4 is 0 Å². The van der Waals surface area contributed by atoms with Crippen LogP contribution in [0.25, 0.3) is 0 Å². The van der Waals surface area contributed by atoms with E-state index in [1.807, 2.05) is 0 Å². The van der Waals surface area contributed by atoms with E-state index >= 15 is 0 Å². The molecule has 7 rings (SSSR count). The zero-order chi connectivity index (χ0) is 46.0. The lowest BCUT2D eigenvalue weighted by Gasteiger charge is -2.50. The van der Waals surface area contributed by atoms with Crippen LogP contribution in [0.15, 0.2) is 12.2 Å². The quantitative estimate of drug-likeness (QED) is 0.0466. The highest BCUT2D eigenvalue weighted by molar-refractivity contribution is 5.81. The molecule has 368 valence electrons. The summed E-state index contributed by atoms with van der Waals surface area (Å²) in [5, 5.41) is 138. The lowest BCUT2D eigenvalue weighted by atomic mass is 9.73. The third-order valence-corrected chi connectivity index (χ3v) is 14.3. The Balaban J connectivity index is 1.09. The molecule has 64 heavy (non-hydrogen) atoms. The molecule has 21 atom stereocenters. The maximum atomic E-state index is 12.6. The smallest absolute Gasteiger partial charge is 0.330 e. The summed E-state index contributed by atoms with van der Waals surface area (Å²) < 4.78 is 46.9. The number of carbonyl (C=O) groups is 1. The number of hydrogen-bond donors (Lipinski definition) is 13. The summed E-state index contributed by atoms with van der Waals surface area (Å²) in [6.07, 6.45) is -21.7. The normalized spacial score (nSPS) is 50.5. The molecular weight excluding hydrogens is 856 g/mol. The molecule has 14 N–H and O–H groups in total. The van der Waals surface area contributed by atoms with Gasteiger partial charge in [0.05, 0.1) is 43.5 Å². The second kappa shape index (κ2) is 22.2. The number of aliphatic hydroxyl groups excluding tert-OH is 13. The molecule has 0 amide bonds. The molecule has 0 radical (unpaired) electrons. The summed E-state index contributed by atoms with van der Waals surface area (Å²) in [5.74, 6) is -1.37. The van der Waals surface area contributed by atoms with Crippen molar-refractivity contribution in [2.24, 2.45) is 17.8 Å². The van der Waals surface area contributed by atoms with Crippen LogP contribution >= 0.6 is 0 Å². The molecular formula is C42H69O22+. The highest BCUT2D eigenvalue weighted by atomic mass is 16.8.